The summed E-state index contributed by atoms with van der Waals surface area (Å²) in [5.74, 6) is 2.84. The molecule has 4 N–H and O–H groups in total. The Morgan fingerprint density at radius 1 is 0.424 bits per heavy atom. The number of benzene rings is 6. The van der Waals surface area contributed by atoms with Gasteiger partial charge in [0.25, 0.3) is 0 Å². The maximum atomic E-state index is 11.1. The maximum Gasteiger partial charge on any atom is 0.161 e. The first-order chi connectivity index (χ1) is 29.1. The molecule has 0 aliphatic heterocycles. The standard InChI is InChI=1S/C26H30O3.C23H22O3.C2H7NO/c27-18-8-7-12-23-16-17-25(29-21-24-13-5-2-6-14-24)26(20-23)28-19-9-15-22-10-3-1-4-11-22;24-17-21-13-14-22(26-18-20-10-5-2-6-11-20)23(16-21)25-15-7-12-19-8-3-1-4-9-19;3-1-2-4/h1-6,10-11,13-14,16-17,20,27H,7-9,12,15,18-19,21H2;1-6,8-11,13-14,16-17H,7,12,15,18H2;4H,1-3H2. The fraction of sp³-hybridized carbons (Fsp3) is 0.275. The monoisotopic (exact) mass is 797 g/mol. The molecule has 0 radical (unpaired) electrons. The van der Waals surface area contributed by atoms with Crippen LogP contribution in [0.5, 0.6) is 23.0 Å². The van der Waals surface area contributed by atoms with Crippen LogP contribution in [0, 0.1) is 0 Å². The van der Waals surface area contributed by atoms with Crippen LogP contribution in [0.3, 0.4) is 0 Å². The molecule has 0 heterocycles. The number of rotatable bonds is 22. The van der Waals surface area contributed by atoms with E-state index in [0.717, 1.165) is 73.9 Å². The molecule has 0 atom stereocenters. The van der Waals surface area contributed by atoms with Crippen molar-refractivity contribution in [2.75, 3.05) is 33.0 Å². The number of aliphatic hydroxyl groups excluding tert-OH is 2. The molecule has 0 aliphatic carbocycles. The Bertz CT molecular complexity index is 1970. The number of aryl methyl sites for hydroxylation is 3. The number of aldehydes is 1. The fourth-order valence-electron chi connectivity index (χ4n) is 5.89. The summed E-state index contributed by atoms with van der Waals surface area (Å²) in [7, 11) is 0. The molecule has 0 aromatic heterocycles. The molecule has 6 rings (SSSR count). The Kier molecular flexibility index (Phi) is 22.1. The number of nitrogens with two attached hydrogens (primary N) is 1. The minimum atomic E-state index is 0.0972. The highest BCUT2D eigenvalue weighted by Gasteiger charge is 2.10. The molecule has 0 unspecified atom stereocenters. The summed E-state index contributed by atoms with van der Waals surface area (Å²) in [6.07, 6.45) is 7.33. The minimum Gasteiger partial charge on any atom is -0.490 e. The molecular formula is C51H59NO7. The van der Waals surface area contributed by atoms with Gasteiger partial charge in [-0.15, -0.1) is 0 Å². The third-order valence-electron chi connectivity index (χ3n) is 9.01. The van der Waals surface area contributed by atoms with Crippen molar-refractivity contribution in [3.05, 3.63) is 191 Å². The molecule has 0 saturated heterocycles. The van der Waals surface area contributed by atoms with Crippen molar-refractivity contribution in [2.24, 2.45) is 5.73 Å². The summed E-state index contributed by atoms with van der Waals surface area (Å²) < 4.78 is 24.0. The van der Waals surface area contributed by atoms with E-state index in [2.05, 4.69) is 60.7 Å². The van der Waals surface area contributed by atoms with Crippen LogP contribution >= 0.6 is 0 Å². The minimum absolute atomic E-state index is 0.0972. The van der Waals surface area contributed by atoms with Crippen LogP contribution in [-0.4, -0.2) is 49.5 Å². The van der Waals surface area contributed by atoms with Crippen LogP contribution in [0.4, 0.5) is 0 Å². The number of ether oxygens (including phenoxy) is 4. The Labute approximate surface area is 350 Å². The third kappa shape index (κ3) is 18.5. The second-order valence-electron chi connectivity index (χ2n) is 13.7. The Hall–Kier alpha value is -5.93. The predicted molar refractivity (Wildman–Crippen MR) is 236 cm³/mol. The molecule has 0 fully saturated rings. The quantitative estimate of drug-likeness (QED) is 0.0459. The summed E-state index contributed by atoms with van der Waals surface area (Å²) in [6, 6.07) is 52.4. The number of unbranched alkanes of at least 4 members (excludes halogenated alkanes) is 1. The molecule has 6 aromatic carbocycles. The lowest BCUT2D eigenvalue weighted by Crippen LogP contribution is -2.03. The van der Waals surface area contributed by atoms with Gasteiger partial charge in [0.15, 0.2) is 23.0 Å². The molecule has 8 heteroatoms. The highest BCUT2D eigenvalue weighted by atomic mass is 16.5. The van der Waals surface area contributed by atoms with E-state index in [9.17, 15) is 4.79 Å². The normalized spacial score (nSPS) is 10.3. The molecule has 0 spiro atoms. The lowest BCUT2D eigenvalue weighted by Gasteiger charge is -2.15. The largest absolute Gasteiger partial charge is 0.490 e. The van der Waals surface area contributed by atoms with Gasteiger partial charge < -0.3 is 34.9 Å². The SMILES string of the molecule is NCCO.O=Cc1ccc(OCc2ccccc2)c(OCCCc2ccccc2)c1.OCCCCc1ccc(OCc2ccccc2)c(OCCCc2ccccc2)c1. The summed E-state index contributed by atoms with van der Waals surface area (Å²) in [6.45, 7) is 2.91. The number of carbonyl (C=O) groups excluding carboxylic acids is 1. The number of hydrogen-bond donors (Lipinski definition) is 3. The van der Waals surface area contributed by atoms with Crippen molar-refractivity contribution in [1.29, 1.82) is 0 Å². The zero-order chi connectivity index (χ0) is 41.6. The third-order valence-corrected chi connectivity index (χ3v) is 9.01. The topological polar surface area (TPSA) is 120 Å². The van der Waals surface area contributed by atoms with E-state index in [1.165, 1.54) is 16.7 Å². The van der Waals surface area contributed by atoms with Gasteiger partial charge in [0.1, 0.15) is 19.5 Å². The van der Waals surface area contributed by atoms with Crippen molar-refractivity contribution in [2.45, 2.75) is 58.2 Å². The first-order valence-electron chi connectivity index (χ1n) is 20.4. The summed E-state index contributed by atoms with van der Waals surface area (Å²) in [5, 5.41) is 16.8. The van der Waals surface area contributed by atoms with Crippen molar-refractivity contribution >= 4 is 6.29 Å². The van der Waals surface area contributed by atoms with Crippen LogP contribution < -0.4 is 24.7 Å². The molecule has 0 aliphatic rings. The highest BCUT2D eigenvalue weighted by Crippen LogP contribution is 2.31. The van der Waals surface area contributed by atoms with Crippen molar-refractivity contribution in [3.63, 3.8) is 0 Å². The first kappa shape index (κ1) is 45.8. The van der Waals surface area contributed by atoms with Crippen molar-refractivity contribution in [3.8, 4) is 23.0 Å². The summed E-state index contributed by atoms with van der Waals surface area (Å²) in [4.78, 5) is 11.1. The Morgan fingerprint density at radius 2 is 0.847 bits per heavy atom. The van der Waals surface area contributed by atoms with Gasteiger partial charge in [-0.25, -0.2) is 0 Å². The van der Waals surface area contributed by atoms with E-state index in [1.807, 2.05) is 78.9 Å². The second-order valence-corrected chi connectivity index (χ2v) is 13.7. The van der Waals surface area contributed by atoms with Gasteiger partial charge in [-0.2, -0.15) is 0 Å². The van der Waals surface area contributed by atoms with Gasteiger partial charge in [-0.1, -0.05) is 127 Å². The van der Waals surface area contributed by atoms with Gasteiger partial charge in [-0.3, -0.25) is 4.79 Å². The molecule has 0 saturated carbocycles. The van der Waals surface area contributed by atoms with Crippen molar-refractivity contribution in [1.82, 2.24) is 0 Å². The van der Waals surface area contributed by atoms with Gasteiger partial charge in [0, 0.05) is 18.7 Å². The zero-order valence-corrected chi connectivity index (χ0v) is 34.0. The van der Waals surface area contributed by atoms with Crippen LogP contribution in [0.2, 0.25) is 0 Å². The fourth-order valence-corrected chi connectivity index (χ4v) is 5.89. The second kappa shape index (κ2) is 28.5. The van der Waals surface area contributed by atoms with E-state index >= 15 is 0 Å². The van der Waals surface area contributed by atoms with E-state index in [4.69, 9.17) is 34.9 Å². The molecular weight excluding hydrogens is 739 g/mol. The maximum absolute atomic E-state index is 11.1. The Balaban J connectivity index is 0.000000240. The smallest absolute Gasteiger partial charge is 0.161 e. The predicted octanol–water partition coefficient (Wildman–Crippen LogP) is 9.62. The average molecular weight is 798 g/mol. The van der Waals surface area contributed by atoms with Crippen LogP contribution in [0.1, 0.15) is 63.9 Å². The molecule has 310 valence electrons. The van der Waals surface area contributed by atoms with E-state index in [-0.39, 0.29) is 13.2 Å². The number of aliphatic hydroxyl groups is 2. The van der Waals surface area contributed by atoms with Gasteiger partial charge in [0.2, 0.25) is 0 Å². The van der Waals surface area contributed by atoms with Crippen LogP contribution in [-0.2, 0) is 32.5 Å². The molecule has 0 amide bonds. The van der Waals surface area contributed by atoms with Crippen LogP contribution in [0.25, 0.3) is 0 Å². The first-order valence-corrected chi connectivity index (χ1v) is 20.4. The average Bonchev–Trinajstić information content (AvgIpc) is 3.30. The lowest BCUT2D eigenvalue weighted by molar-refractivity contribution is 0.112. The van der Waals surface area contributed by atoms with E-state index in [1.54, 1.807) is 18.2 Å². The van der Waals surface area contributed by atoms with Gasteiger partial charge in [0.05, 0.1) is 19.8 Å². The molecule has 6 aromatic rings. The summed E-state index contributed by atoms with van der Waals surface area (Å²) >= 11 is 0. The lowest BCUT2D eigenvalue weighted by atomic mass is 10.1. The summed E-state index contributed by atoms with van der Waals surface area (Å²) in [5.41, 5.74) is 11.4. The molecule has 0 bridgehead atoms. The number of hydrogen-bond acceptors (Lipinski definition) is 8. The number of carbonyl (C=O) groups is 1. The van der Waals surface area contributed by atoms with Crippen molar-refractivity contribution < 1.29 is 34.0 Å². The molecule has 59 heavy (non-hydrogen) atoms. The van der Waals surface area contributed by atoms with E-state index < -0.39 is 0 Å². The van der Waals surface area contributed by atoms with Gasteiger partial charge >= 0.3 is 0 Å². The van der Waals surface area contributed by atoms with E-state index in [0.29, 0.717) is 50.0 Å². The van der Waals surface area contributed by atoms with Crippen LogP contribution in [0.15, 0.2) is 158 Å². The highest BCUT2D eigenvalue weighted by molar-refractivity contribution is 5.76. The van der Waals surface area contributed by atoms with Gasteiger partial charge in [-0.05, 0) is 103 Å². The molecule has 8 nitrogen and oxygen atoms in total. The Morgan fingerprint density at radius 3 is 1.29 bits per heavy atom. The zero-order valence-electron chi connectivity index (χ0n) is 34.0.